The van der Waals surface area contributed by atoms with E-state index in [2.05, 4.69) is 0 Å². The van der Waals surface area contributed by atoms with Gasteiger partial charge in [-0.1, -0.05) is 6.07 Å². The summed E-state index contributed by atoms with van der Waals surface area (Å²) in [5.74, 6) is -0.240. The second-order valence-corrected chi connectivity index (χ2v) is 4.64. The van der Waals surface area contributed by atoms with Crippen molar-refractivity contribution in [3.63, 3.8) is 0 Å². The molecule has 1 saturated heterocycles. The summed E-state index contributed by atoms with van der Waals surface area (Å²) in [6.45, 7) is 3.44. The van der Waals surface area contributed by atoms with Crippen molar-refractivity contribution in [3.8, 4) is 0 Å². The van der Waals surface area contributed by atoms with E-state index in [4.69, 9.17) is 5.73 Å². The maximum atomic E-state index is 12.2. The molecule has 17 heavy (non-hydrogen) atoms. The average Bonchev–Trinajstić information content (AvgIpc) is 2.41. The number of hydrogen-bond donors (Lipinski definition) is 1. The number of benzene rings is 1. The Hall–Kier alpha value is -2.04. The van der Waals surface area contributed by atoms with Gasteiger partial charge in [-0.3, -0.25) is 4.79 Å². The number of carbonyl (C=O) groups excluding carboxylic acids is 2. The summed E-state index contributed by atoms with van der Waals surface area (Å²) >= 11 is 0. The third kappa shape index (κ3) is 1.54. The Morgan fingerprint density at radius 1 is 1.24 bits per heavy atom. The minimum absolute atomic E-state index is 0.240. The van der Waals surface area contributed by atoms with E-state index in [1.54, 1.807) is 45.2 Å². The van der Waals surface area contributed by atoms with Gasteiger partial charge in [0, 0.05) is 12.7 Å². The molecule has 0 aromatic heterocycles. The van der Waals surface area contributed by atoms with E-state index in [1.165, 1.54) is 4.90 Å². The third-order valence-electron chi connectivity index (χ3n) is 3.17. The summed E-state index contributed by atoms with van der Waals surface area (Å²) in [7, 11) is 1.62. The molecule has 0 radical (unpaired) electrons. The lowest BCUT2D eigenvalue weighted by Gasteiger charge is -2.22. The molecule has 5 heteroatoms. The maximum Gasteiger partial charge on any atom is 0.332 e. The first-order valence-corrected chi connectivity index (χ1v) is 5.33. The molecule has 3 amide bonds. The summed E-state index contributed by atoms with van der Waals surface area (Å²) in [6.07, 6.45) is 0. The largest absolute Gasteiger partial charge is 0.399 e. The van der Waals surface area contributed by atoms with Gasteiger partial charge in [-0.15, -0.1) is 0 Å². The van der Waals surface area contributed by atoms with Crippen LogP contribution in [0.1, 0.15) is 13.8 Å². The van der Waals surface area contributed by atoms with Crippen molar-refractivity contribution in [1.29, 1.82) is 0 Å². The molecule has 0 aliphatic carbocycles. The number of amides is 3. The van der Waals surface area contributed by atoms with Crippen LogP contribution in [-0.2, 0) is 4.79 Å². The Morgan fingerprint density at radius 3 is 2.35 bits per heavy atom. The van der Waals surface area contributed by atoms with Gasteiger partial charge in [0.1, 0.15) is 5.54 Å². The molecule has 90 valence electrons. The molecular formula is C12H15N3O2. The molecule has 1 aliphatic heterocycles. The van der Waals surface area contributed by atoms with Gasteiger partial charge in [0.2, 0.25) is 0 Å². The normalized spacial score (nSPS) is 19.0. The van der Waals surface area contributed by atoms with Crippen LogP contribution >= 0.6 is 0 Å². The highest BCUT2D eigenvalue weighted by Crippen LogP contribution is 2.31. The minimum Gasteiger partial charge on any atom is -0.399 e. The summed E-state index contributed by atoms with van der Waals surface area (Å²) in [5.41, 5.74) is 5.87. The van der Waals surface area contributed by atoms with Crippen molar-refractivity contribution in [2.75, 3.05) is 17.7 Å². The SMILES string of the molecule is CN1C(=O)N(c2cccc(N)c2)C(=O)C1(C)C. The number of anilines is 2. The molecule has 5 nitrogen and oxygen atoms in total. The van der Waals surface area contributed by atoms with Crippen molar-refractivity contribution in [2.24, 2.45) is 0 Å². The molecule has 0 spiro atoms. The standard InChI is InChI=1S/C12H15N3O2/c1-12(2)10(16)15(11(17)14(12)3)9-6-4-5-8(13)7-9/h4-7H,13H2,1-3H3. The topological polar surface area (TPSA) is 66.6 Å². The Bertz CT molecular complexity index is 496. The lowest BCUT2D eigenvalue weighted by Crippen LogP contribution is -2.41. The predicted molar refractivity (Wildman–Crippen MR) is 65.6 cm³/mol. The summed E-state index contributed by atoms with van der Waals surface area (Å²) in [6, 6.07) is 6.41. The molecule has 0 bridgehead atoms. The van der Waals surface area contributed by atoms with Crippen molar-refractivity contribution < 1.29 is 9.59 Å². The van der Waals surface area contributed by atoms with E-state index < -0.39 is 5.54 Å². The molecule has 1 aromatic rings. The van der Waals surface area contributed by atoms with Gasteiger partial charge in [0.15, 0.2) is 0 Å². The van der Waals surface area contributed by atoms with Crippen molar-refractivity contribution in [2.45, 2.75) is 19.4 Å². The number of rotatable bonds is 1. The van der Waals surface area contributed by atoms with Crippen LogP contribution in [0.2, 0.25) is 0 Å². The van der Waals surface area contributed by atoms with Crippen LogP contribution in [0.3, 0.4) is 0 Å². The lowest BCUT2D eigenvalue weighted by atomic mass is 10.0. The van der Waals surface area contributed by atoms with Gasteiger partial charge in [0.05, 0.1) is 5.69 Å². The molecule has 1 fully saturated rings. The maximum absolute atomic E-state index is 12.2. The van der Waals surface area contributed by atoms with Crippen molar-refractivity contribution >= 4 is 23.3 Å². The number of nitrogen functional groups attached to an aromatic ring is 1. The van der Waals surface area contributed by atoms with Crippen LogP contribution in [0.4, 0.5) is 16.2 Å². The lowest BCUT2D eigenvalue weighted by molar-refractivity contribution is -0.123. The first-order chi connectivity index (χ1) is 7.85. The van der Waals surface area contributed by atoms with Gasteiger partial charge in [-0.2, -0.15) is 0 Å². The van der Waals surface area contributed by atoms with Crippen LogP contribution in [0, 0.1) is 0 Å². The predicted octanol–water partition coefficient (Wildman–Crippen LogP) is 1.45. The molecule has 0 saturated carbocycles. The first-order valence-electron chi connectivity index (χ1n) is 5.33. The number of hydrogen-bond acceptors (Lipinski definition) is 3. The van der Waals surface area contributed by atoms with Gasteiger partial charge < -0.3 is 10.6 Å². The Morgan fingerprint density at radius 2 is 1.88 bits per heavy atom. The quantitative estimate of drug-likeness (QED) is 0.589. The number of nitrogens with zero attached hydrogens (tertiary/aromatic N) is 2. The van der Waals surface area contributed by atoms with E-state index in [-0.39, 0.29) is 11.9 Å². The zero-order valence-electron chi connectivity index (χ0n) is 10.1. The van der Waals surface area contributed by atoms with Gasteiger partial charge in [0.25, 0.3) is 5.91 Å². The summed E-state index contributed by atoms with van der Waals surface area (Å²) in [5, 5.41) is 0. The number of carbonyl (C=O) groups is 2. The molecule has 0 atom stereocenters. The fourth-order valence-electron chi connectivity index (χ4n) is 1.78. The second-order valence-electron chi connectivity index (χ2n) is 4.64. The van der Waals surface area contributed by atoms with Crippen LogP contribution in [0.25, 0.3) is 0 Å². The van der Waals surface area contributed by atoms with Crippen molar-refractivity contribution in [3.05, 3.63) is 24.3 Å². The zero-order chi connectivity index (χ0) is 12.8. The fraction of sp³-hybridized carbons (Fsp3) is 0.333. The van der Waals surface area contributed by atoms with E-state index >= 15 is 0 Å². The molecule has 1 aliphatic rings. The Balaban J connectivity index is 2.48. The molecule has 2 rings (SSSR count). The monoisotopic (exact) mass is 233 g/mol. The molecule has 1 heterocycles. The van der Waals surface area contributed by atoms with E-state index in [9.17, 15) is 9.59 Å². The third-order valence-corrected chi connectivity index (χ3v) is 3.17. The highest BCUT2D eigenvalue weighted by molar-refractivity contribution is 6.22. The second kappa shape index (κ2) is 3.48. The summed E-state index contributed by atoms with van der Waals surface area (Å²) < 4.78 is 0. The van der Waals surface area contributed by atoms with Crippen LogP contribution in [0.15, 0.2) is 24.3 Å². The zero-order valence-corrected chi connectivity index (χ0v) is 10.1. The Kier molecular flexibility index (Phi) is 2.34. The van der Waals surface area contributed by atoms with Crippen LogP contribution in [0.5, 0.6) is 0 Å². The molecule has 1 aromatic carbocycles. The average molecular weight is 233 g/mol. The smallest absolute Gasteiger partial charge is 0.332 e. The fourth-order valence-corrected chi connectivity index (χ4v) is 1.78. The van der Waals surface area contributed by atoms with Crippen molar-refractivity contribution in [1.82, 2.24) is 4.90 Å². The Labute approximate surface area is 99.8 Å². The van der Waals surface area contributed by atoms with Gasteiger partial charge in [-0.05, 0) is 32.0 Å². The number of urea groups is 1. The van der Waals surface area contributed by atoms with E-state index in [1.807, 2.05) is 0 Å². The summed E-state index contributed by atoms with van der Waals surface area (Å²) in [4.78, 5) is 26.8. The van der Waals surface area contributed by atoms with Gasteiger partial charge >= 0.3 is 6.03 Å². The van der Waals surface area contributed by atoms with Crippen LogP contribution < -0.4 is 10.6 Å². The highest BCUT2D eigenvalue weighted by Gasteiger charge is 2.49. The molecular weight excluding hydrogens is 218 g/mol. The minimum atomic E-state index is -0.818. The van der Waals surface area contributed by atoms with Crippen LogP contribution in [-0.4, -0.2) is 29.4 Å². The number of nitrogens with two attached hydrogens (primary N) is 1. The van der Waals surface area contributed by atoms with E-state index in [0.717, 1.165) is 4.90 Å². The van der Waals surface area contributed by atoms with E-state index in [0.29, 0.717) is 11.4 Å². The highest BCUT2D eigenvalue weighted by atomic mass is 16.2. The first kappa shape index (κ1) is 11.4. The number of imide groups is 1. The molecule has 0 unspecified atom stereocenters. The molecule has 2 N–H and O–H groups in total. The van der Waals surface area contributed by atoms with Gasteiger partial charge in [-0.25, -0.2) is 9.69 Å². The number of likely N-dealkylation sites (N-methyl/N-ethyl adjacent to an activating group) is 1.